The van der Waals surface area contributed by atoms with Gasteiger partial charge in [-0.25, -0.2) is 4.79 Å². The van der Waals surface area contributed by atoms with E-state index in [1.807, 2.05) is 12.1 Å². The molecule has 0 aromatic heterocycles. The molecule has 1 saturated heterocycles. The molecule has 0 radical (unpaired) electrons. The molecule has 3 N–H and O–H groups in total. The summed E-state index contributed by atoms with van der Waals surface area (Å²) < 4.78 is 0. The maximum atomic E-state index is 11.3. The molecule has 5 heteroatoms. The normalized spacial score (nSPS) is 20.7. The minimum Gasteiger partial charge on any atom is -0.465 e. The van der Waals surface area contributed by atoms with Gasteiger partial charge in [0.2, 0.25) is 0 Å². The summed E-state index contributed by atoms with van der Waals surface area (Å²) in [7, 11) is 0. The first-order valence-corrected chi connectivity index (χ1v) is 8.10. The van der Waals surface area contributed by atoms with Crippen molar-refractivity contribution >= 4 is 17.9 Å². The first-order chi connectivity index (χ1) is 9.63. The van der Waals surface area contributed by atoms with Crippen LogP contribution in [-0.4, -0.2) is 34.4 Å². The minimum atomic E-state index is -0.857. The lowest BCUT2D eigenvalue weighted by Crippen LogP contribution is -2.48. The van der Waals surface area contributed by atoms with Crippen LogP contribution in [0.5, 0.6) is 0 Å². The Kier molecular flexibility index (Phi) is 5.31. The van der Waals surface area contributed by atoms with Crippen LogP contribution >= 0.6 is 11.8 Å². The van der Waals surface area contributed by atoms with E-state index in [1.165, 1.54) is 9.80 Å². The topological polar surface area (TPSA) is 66.6 Å². The number of carbonyl (C=O) groups is 1. The summed E-state index contributed by atoms with van der Waals surface area (Å²) >= 11 is 1.78. The number of nitrogens with two attached hydrogens (primary N) is 1. The van der Waals surface area contributed by atoms with Crippen LogP contribution in [0.25, 0.3) is 0 Å². The number of benzene rings is 1. The summed E-state index contributed by atoms with van der Waals surface area (Å²) in [4.78, 5) is 14.0. The first kappa shape index (κ1) is 15.2. The highest BCUT2D eigenvalue weighted by molar-refractivity contribution is 7.99. The van der Waals surface area contributed by atoms with Gasteiger partial charge in [-0.15, -0.1) is 11.8 Å². The van der Waals surface area contributed by atoms with Crippen LogP contribution in [0.4, 0.5) is 4.79 Å². The number of likely N-dealkylation sites (tertiary alicyclic amines) is 1. The van der Waals surface area contributed by atoms with E-state index in [-0.39, 0.29) is 12.1 Å². The van der Waals surface area contributed by atoms with Gasteiger partial charge in [-0.2, -0.15) is 0 Å². The van der Waals surface area contributed by atoms with Crippen LogP contribution < -0.4 is 5.73 Å². The van der Waals surface area contributed by atoms with E-state index < -0.39 is 6.09 Å². The van der Waals surface area contributed by atoms with Crippen LogP contribution in [0.1, 0.15) is 37.8 Å². The second-order valence-corrected chi connectivity index (χ2v) is 6.41. The van der Waals surface area contributed by atoms with Crippen LogP contribution in [0, 0.1) is 0 Å². The van der Waals surface area contributed by atoms with Crippen molar-refractivity contribution in [3.8, 4) is 0 Å². The molecule has 2 atom stereocenters. The molecule has 1 aromatic carbocycles. The molecule has 20 heavy (non-hydrogen) atoms. The Balaban J connectivity index is 2.18. The van der Waals surface area contributed by atoms with Gasteiger partial charge < -0.3 is 15.7 Å². The summed E-state index contributed by atoms with van der Waals surface area (Å²) in [6.45, 7) is 2.71. The fourth-order valence-electron chi connectivity index (χ4n) is 2.77. The Morgan fingerprint density at radius 2 is 2.35 bits per heavy atom. The number of piperidine rings is 1. The summed E-state index contributed by atoms with van der Waals surface area (Å²) in [5.41, 5.74) is 7.38. The van der Waals surface area contributed by atoms with Crippen molar-refractivity contribution in [2.45, 2.75) is 43.2 Å². The monoisotopic (exact) mass is 294 g/mol. The summed E-state index contributed by atoms with van der Waals surface area (Å²) in [6.07, 6.45) is 1.97. The molecular formula is C15H22N2O2S. The Morgan fingerprint density at radius 3 is 3.05 bits per heavy atom. The average Bonchev–Trinajstić information content (AvgIpc) is 2.47. The zero-order valence-electron chi connectivity index (χ0n) is 11.8. The van der Waals surface area contributed by atoms with Gasteiger partial charge in [-0.1, -0.05) is 19.1 Å². The maximum Gasteiger partial charge on any atom is 0.407 e. The van der Waals surface area contributed by atoms with Gasteiger partial charge in [-0.3, -0.25) is 0 Å². The van der Waals surface area contributed by atoms with E-state index in [4.69, 9.17) is 5.73 Å². The molecule has 1 aliphatic rings. The molecule has 1 heterocycles. The standard InChI is InChI=1S/C15H22N2O2S/c1-2-20-12-7-5-6-11(10-12)14(16)13-8-3-4-9-17(13)15(18)19/h5-7,10,13-14H,2-4,8-9,16H2,1H3,(H,18,19). The van der Waals surface area contributed by atoms with Crippen LogP contribution in [0.15, 0.2) is 29.2 Å². The molecule has 1 aromatic rings. The molecule has 2 rings (SSSR count). The quantitative estimate of drug-likeness (QED) is 0.836. The molecular weight excluding hydrogens is 272 g/mol. The highest BCUT2D eigenvalue weighted by atomic mass is 32.2. The average molecular weight is 294 g/mol. The Morgan fingerprint density at radius 1 is 1.55 bits per heavy atom. The second-order valence-electron chi connectivity index (χ2n) is 5.07. The molecule has 0 spiro atoms. The molecule has 2 unspecified atom stereocenters. The van der Waals surface area contributed by atoms with Crippen LogP contribution in [-0.2, 0) is 0 Å². The van der Waals surface area contributed by atoms with Gasteiger partial charge in [0.15, 0.2) is 0 Å². The molecule has 0 bridgehead atoms. The van der Waals surface area contributed by atoms with Gasteiger partial charge in [0.25, 0.3) is 0 Å². The van der Waals surface area contributed by atoms with E-state index in [0.717, 1.165) is 30.6 Å². The van der Waals surface area contributed by atoms with Crippen LogP contribution in [0.3, 0.4) is 0 Å². The third-order valence-electron chi connectivity index (χ3n) is 3.76. The molecule has 1 fully saturated rings. The lowest BCUT2D eigenvalue weighted by molar-refractivity contribution is 0.0966. The smallest absolute Gasteiger partial charge is 0.407 e. The lowest BCUT2D eigenvalue weighted by Gasteiger charge is -2.37. The lowest BCUT2D eigenvalue weighted by atomic mass is 9.92. The largest absolute Gasteiger partial charge is 0.465 e. The minimum absolute atomic E-state index is 0.108. The number of amides is 1. The number of hydrogen-bond donors (Lipinski definition) is 2. The Hall–Kier alpha value is -1.20. The maximum absolute atomic E-state index is 11.3. The third-order valence-corrected chi connectivity index (χ3v) is 4.64. The fourth-order valence-corrected chi connectivity index (χ4v) is 3.50. The van der Waals surface area contributed by atoms with Crippen molar-refractivity contribution in [2.75, 3.05) is 12.3 Å². The predicted octanol–water partition coefficient (Wildman–Crippen LogP) is 3.33. The molecule has 110 valence electrons. The van der Waals surface area contributed by atoms with Crippen molar-refractivity contribution < 1.29 is 9.90 Å². The molecule has 0 aliphatic carbocycles. The predicted molar refractivity (Wildman–Crippen MR) is 82.1 cm³/mol. The van der Waals surface area contributed by atoms with Crippen LogP contribution in [0.2, 0.25) is 0 Å². The SMILES string of the molecule is CCSc1cccc(C(N)C2CCCCN2C(=O)O)c1. The molecule has 1 amide bonds. The summed E-state index contributed by atoms with van der Waals surface area (Å²) in [5.74, 6) is 1.02. The van der Waals surface area contributed by atoms with Gasteiger partial charge in [0, 0.05) is 11.4 Å². The zero-order valence-corrected chi connectivity index (χ0v) is 12.6. The summed E-state index contributed by atoms with van der Waals surface area (Å²) in [5, 5.41) is 9.31. The number of thioether (sulfide) groups is 1. The fraction of sp³-hybridized carbons (Fsp3) is 0.533. The Labute approximate surface area is 124 Å². The van der Waals surface area contributed by atoms with E-state index in [1.54, 1.807) is 11.8 Å². The summed E-state index contributed by atoms with van der Waals surface area (Å²) in [6, 6.07) is 7.81. The Bertz CT molecular complexity index is 467. The number of rotatable bonds is 4. The van der Waals surface area contributed by atoms with Crippen molar-refractivity contribution in [1.29, 1.82) is 0 Å². The molecule has 1 aliphatic heterocycles. The number of hydrogen-bond acceptors (Lipinski definition) is 3. The highest BCUT2D eigenvalue weighted by Crippen LogP contribution is 2.29. The highest BCUT2D eigenvalue weighted by Gasteiger charge is 2.31. The van der Waals surface area contributed by atoms with E-state index in [9.17, 15) is 9.90 Å². The third kappa shape index (κ3) is 3.46. The number of carboxylic acid groups (broad SMARTS) is 1. The van der Waals surface area contributed by atoms with E-state index in [2.05, 4.69) is 19.1 Å². The van der Waals surface area contributed by atoms with Gasteiger partial charge in [0.1, 0.15) is 0 Å². The first-order valence-electron chi connectivity index (χ1n) is 7.11. The molecule has 4 nitrogen and oxygen atoms in total. The number of nitrogens with zero attached hydrogens (tertiary/aromatic N) is 1. The second kappa shape index (κ2) is 6.99. The van der Waals surface area contributed by atoms with Gasteiger partial charge in [0.05, 0.1) is 12.1 Å². The van der Waals surface area contributed by atoms with Crippen molar-refractivity contribution in [1.82, 2.24) is 4.90 Å². The van der Waals surface area contributed by atoms with Crippen molar-refractivity contribution in [2.24, 2.45) is 5.73 Å². The zero-order chi connectivity index (χ0) is 14.5. The van der Waals surface area contributed by atoms with Crippen molar-refractivity contribution in [3.05, 3.63) is 29.8 Å². The molecule has 0 saturated carbocycles. The van der Waals surface area contributed by atoms with Gasteiger partial charge >= 0.3 is 6.09 Å². The van der Waals surface area contributed by atoms with Crippen molar-refractivity contribution in [3.63, 3.8) is 0 Å². The van der Waals surface area contributed by atoms with E-state index >= 15 is 0 Å². The van der Waals surface area contributed by atoms with E-state index in [0.29, 0.717) is 6.54 Å². The van der Waals surface area contributed by atoms with Gasteiger partial charge in [-0.05, 0) is 42.7 Å².